The second-order valence-corrected chi connectivity index (χ2v) is 9.45. The molecular weight excluding hydrogens is 354 g/mol. The second kappa shape index (κ2) is 7.85. The van der Waals surface area contributed by atoms with Crippen LogP contribution in [0.5, 0.6) is 0 Å². The molecular formula is C21H33N5O2. The first-order valence-electron chi connectivity index (χ1n) is 10.6. The number of piperidine rings is 1. The van der Waals surface area contributed by atoms with Crippen molar-refractivity contribution in [2.75, 3.05) is 37.6 Å². The summed E-state index contributed by atoms with van der Waals surface area (Å²) in [6.45, 7) is 11.0. The second-order valence-electron chi connectivity index (χ2n) is 9.45. The fraction of sp³-hybridized carbons (Fsp3) is 0.762. The van der Waals surface area contributed by atoms with Crippen molar-refractivity contribution in [3.8, 4) is 0 Å². The molecule has 0 spiro atoms. The van der Waals surface area contributed by atoms with E-state index in [0.29, 0.717) is 18.0 Å². The number of fused-ring (bicyclic) bond motifs is 2. The Hall–Kier alpha value is -1.89. The highest BCUT2D eigenvalue weighted by atomic mass is 16.6. The molecule has 4 rings (SSSR count). The summed E-state index contributed by atoms with van der Waals surface area (Å²) in [5.74, 6) is 1.52. The lowest BCUT2D eigenvalue weighted by Crippen LogP contribution is -2.52. The minimum atomic E-state index is -0.421. The average Bonchev–Trinajstić information content (AvgIpc) is 2.93. The van der Waals surface area contributed by atoms with E-state index in [0.717, 1.165) is 64.4 Å². The van der Waals surface area contributed by atoms with Crippen LogP contribution in [0.3, 0.4) is 0 Å². The number of ether oxygens (including phenoxy) is 1. The minimum absolute atomic E-state index is 0.116. The predicted molar refractivity (Wildman–Crippen MR) is 108 cm³/mol. The molecule has 1 aromatic heterocycles. The van der Waals surface area contributed by atoms with Crippen LogP contribution in [0.15, 0.2) is 18.5 Å². The molecule has 2 atom stereocenters. The van der Waals surface area contributed by atoms with Gasteiger partial charge < -0.3 is 14.5 Å². The zero-order chi connectivity index (χ0) is 19.7. The van der Waals surface area contributed by atoms with Crippen molar-refractivity contribution >= 4 is 12.0 Å². The molecule has 2 bridgehead atoms. The van der Waals surface area contributed by atoms with Crippen LogP contribution in [0.4, 0.5) is 10.7 Å². The maximum atomic E-state index is 12.6. The van der Waals surface area contributed by atoms with Gasteiger partial charge in [-0.15, -0.1) is 0 Å². The fourth-order valence-electron chi connectivity index (χ4n) is 5.00. The standard InChI is InChI=1S/C21H33N5O2/c1-21(2,3)28-20(27)26-17-5-6-18(26)14-16(13-17)15-24-9-11-25(12-10-24)19-22-7-4-8-23-19/h4,7-8,16-18H,5-6,9-15H2,1-3H3. The fourth-order valence-corrected chi connectivity index (χ4v) is 5.00. The van der Waals surface area contributed by atoms with Crippen LogP contribution in [0, 0.1) is 5.92 Å². The van der Waals surface area contributed by atoms with E-state index in [9.17, 15) is 4.79 Å². The SMILES string of the molecule is CC(C)(C)OC(=O)N1C2CCC1CC(CN1CCN(c3ncccn3)CC1)C2. The molecule has 7 heteroatoms. The van der Waals surface area contributed by atoms with Gasteiger partial charge in [0, 0.05) is 57.2 Å². The number of hydrogen-bond donors (Lipinski definition) is 0. The molecule has 3 aliphatic heterocycles. The monoisotopic (exact) mass is 387 g/mol. The van der Waals surface area contributed by atoms with Gasteiger partial charge in [-0.05, 0) is 58.4 Å². The van der Waals surface area contributed by atoms with Crippen LogP contribution >= 0.6 is 0 Å². The number of piperazine rings is 1. The molecule has 0 saturated carbocycles. The quantitative estimate of drug-likeness (QED) is 0.795. The Morgan fingerprint density at radius 2 is 1.68 bits per heavy atom. The number of amides is 1. The third-order valence-corrected chi connectivity index (χ3v) is 6.16. The molecule has 154 valence electrons. The Balaban J connectivity index is 1.27. The van der Waals surface area contributed by atoms with Gasteiger partial charge in [0.05, 0.1) is 0 Å². The highest BCUT2D eigenvalue weighted by molar-refractivity contribution is 5.69. The molecule has 3 saturated heterocycles. The summed E-state index contributed by atoms with van der Waals surface area (Å²) in [5, 5.41) is 0. The maximum Gasteiger partial charge on any atom is 0.410 e. The Kier molecular flexibility index (Phi) is 5.45. The lowest BCUT2D eigenvalue weighted by Gasteiger charge is -2.42. The molecule has 0 radical (unpaired) electrons. The first-order chi connectivity index (χ1) is 13.4. The zero-order valence-corrected chi connectivity index (χ0v) is 17.4. The molecule has 1 aromatic rings. The summed E-state index contributed by atoms with van der Waals surface area (Å²) >= 11 is 0. The Morgan fingerprint density at radius 1 is 1.07 bits per heavy atom. The normalized spacial score (nSPS) is 28.5. The Bertz CT molecular complexity index is 655. The number of rotatable bonds is 3. The molecule has 4 heterocycles. The third kappa shape index (κ3) is 4.40. The van der Waals surface area contributed by atoms with Gasteiger partial charge in [0.1, 0.15) is 5.60 Å². The van der Waals surface area contributed by atoms with Crippen molar-refractivity contribution in [3.05, 3.63) is 18.5 Å². The van der Waals surface area contributed by atoms with E-state index < -0.39 is 5.60 Å². The van der Waals surface area contributed by atoms with Gasteiger partial charge in [0.25, 0.3) is 0 Å². The lowest BCUT2D eigenvalue weighted by molar-refractivity contribution is -0.000301. The third-order valence-electron chi connectivity index (χ3n) is 6.16. The largest absolute Gasteiger partial charge is 0.444 e. The molecule has 3 aliphatic rings. The Morgan fingerprint density at radius 3 is 2.25 bits per heavy atom. The van der Waals surface area contributed by atoms with Crippen LogP contribution < -0.4 is 4.90 Å². The van der Waals surface area contributed by atoms with E-state index in [1.54, 1.807) is 0 Å². The highest BCUT2D eigenvalue weighted by Crippen LogP contribution is 2.39. The van der Waals surface area contributed by atoms with Crippen LogP contribution in [0.2, 0.25) is 0 Å². The average molecular weight is 388 g/mol. The number of carbonyl (C=O) groups is 1. The van der Waals surface area contributed by atoms with Gasteiger partial charge in [0.15, 0.2) is 0 Å². The molecule has 0 aliphatic carbocycles. The van der Waals surface area contributed by atoms with Gasteiger partial charge >= 0.3 is 6.09 Å². The number of aromatic nitrogens is 2. The van der Waals surface area contributed by atoms with E-state index in [2.05, 4.69) is 19.8 Å². The molecule has 3 fully saturated rings. The summed E-state index contributed by atoms with van der Waals surface area (Å²) < 4.78 is 5.66. The number of nitrogens with zero attached hydrogens (tertiary/aromatic N) is 5. The topological polar surface area (TPSA) is 61.8 Å². The van der Waals surface area contributed by atoms with Gasteiger partial charge in [-0.2, -0.15) is 0 Å². The van der Waals surface area contributed by atoms with Crippen LogP contribution in [0.25, 0.3) is 0 Å². The van der Waals surface area contributed by atoms with Crippen molar-refractivity contribution < 1.29 is 9.53 Å². The summed E-state index contributed by atoms with van der Waals surface area (Å²) in [7, 11) is 0. The summed E-state index contributed by atoms with van der Waals surface area (Å²) in [4.78, 5) is 28.2. The summed E-state index contributed by atoms with van der Waals surface area (Å²) in [6.07, 6.45) is 7.97. The van der Waals surface area contributed by atoms with Crippen molar-refractivity contribution in [2.45, 2.75) is 64.1 Å². The Labute approximate surface area is 168 Å². The predicted octanol–water partition coefficient (Wildman–Crippen LogP) is 2.78. The summed E-state index contributed by atoms with van der Waals surface area (Å²) in [5.41, 5.74) is -0.421. The molecule has 0 N–H and O–H groups in total. The number of carbonyl (C=O) groups excluding carboxylic acids is 1. The highest BCUT2D eigenvalue weighted by Gasteiger charge is 2.45. The summed E-state index contributed by atoms with van der Waals surface area (Å²) in [6, 6.07) is 2.58. The maximum absolute atomic E-state index is 12.6. The van der Waals surface area contributed by atoms with E-state index in [4.69, 9.17) is 4.74 Å². The van der Waals surface area contributed by atoms with E-state index in [1.165, 1.54) is 0 Å². The van der Waals surface area contributed by atoms with Crippen LogP contribution in [0.1, 0.15) is 46.5 Å². The molecule has 28 heavy (non-hydrogen) atoms. The van der Waals surface area contributed by atoms with Gasteiger partial charge in [-0.3, -0.25) is 4.90 Å². The molecule has 1 amide bonds. The molecule has 7 nitrogen and oxygen atoms in total. The smallest absolute Gasteiger partial charge is 0.410 e. The first kappa shape index (κ1) is 19.4. The minimum Gasteiger partial charge on any atom is -0.444 e. The lowest BCUT2D eigenvalue weighted by atomic mass is 9.90. The molecule has 2 unspecified atom stereocenters. The van der Waals surface area contributed by atoms with Crippen LogP contribution in [-0.4, -0.2) is 76.3 Å². The van der Waals surface area contributed by atoms with E-state index in [-0.39, 0.29) is 6.09 Å². The molecule has 0 aromatic carbocycles. The van der Waals surface area contributed by atoms with Gasteiger partial charge in [0.2, 0.25) is 5.95 Å². The van der Waals surface area contributed by atoms with E-state index in [1.807, 2.05) is 44.1 Å². The van der Waals surface area contributed by atoms with Crippen molar-refractivity contribution in [3.63, 3.8) is 0 Å². The van der Waals surface area contributed by atoms with Crippen molar-refractivity contribution in [1.82, 2.24) is 19.8 Å². The van der Waals surface area contributed by atoms with E-state index >= 15 is 0 Å². The van der Waals surface area contributed by atoms with Gasteiger partial charge in [-0.25, -0.2) is 14.8 Å². The van der Waals surface area contributed by atoms with Crippen LogP contribution in [-0.2, 0) is 4.74 Å². The van der Waals surface area contributed by atoms with Crippen molar-refractivity contribution in [1.29, 1.82) is 0 Å². The zero-order valence-electron chi connectivity index (χ0n) is 17.4. The van der Waals surface area contributed by atoms with Crippen molar-refractivity contribution in [2.24, 2.45) is 5.92 Å². The van der Waals surface area contributed by atoms with Gasteiger partial charge in [-0.1, -0.05) is 0 Å². The first-order valence-corrected chi connectivity index (χ1v) is 10.6. The number of hydrogen-bond acceptors (Lipinski definition) is 6. The number of anilines is 1.